The Morgan fingerprint density at radius 3 is 2.44 bits per heavy atom. The Hall–Kier alpha value is -1.98. The normalized spacial score (nSPS) is 17.6. The van der Waals surface area contributed by atoms with Crippen molar-refractivity contribution in [2.24, 2.45) is 5.41 Å². The second-order valence-electron chi connectivity index (χ2n) is 7.80. The summed E-state index contributed by atoms with van der Waals surface area (Å²) in [6.45, 7) is 6.86. The highest BCUT2D eigenvalue weighted by atomic mass is 19.1. The Labute approximate surface area is 147 Å². The van der Waals surface area contributed by atoms with E-state index in [1.54, 1.807) is 4.90 Å². The zero-order valence-corrected chi connectivity index (χ0v) is 15.1. The summed E-state index contributed by atoms with van der Waals surface area (Å²) in [4.78, 5) is 26.5. The van der Waals surface area contributed by atoms with Gasteiger partial charge in [0.2, 0.25) is 11.8 Å². The summed E-state index contributed by atoms with van der Waals surface area (Å²) in [6, 6.07) is 2.88. The van der Waals surface area contributed by atoms with Gasteiger partial charge in [-0.2, -0.15) is 0 Å². The lowest BCUT2D eigenvalue weighted by atomic mass is 9.91. The third-order valence-corrected chi connectivity index (χ3v) is 4.19. The molecule has 1 N–H and O–H groups in total. The van der Waals surface area contributed by atoms with Gasteiger partial charge in [0.25, 0.3) is 0 Å². The molecular formula is C19H26F2N2O2. The molecule has 2 amide bonds. The summed E-state index contributed by atoms with van der Waals surface area (Å²) in [6.07, 6.45) is 2.20. The largest absolute Gasteiger partial charge is 0.354 e. The molecule has 1 saturated heterocycles. The number of likely N-dealkylation sites (tertiary alicyclic amines) is 1. The van der Waals surface area contributed by atoms with Crippen LogP contribution in [0.4, 0.5) is 8.78 Å². The second kappa shape index (κ2) is 7.93. The van der Waals surface area contributed by atoms with Gasteiger partial charge in [0, 0.05) is 25.6 Å². The molecular weight excluding hydrogens is 326 g/mol. The Morgan fingerprint density at radius 1 is 1.20 bits per heavy atom. The van der Waals surface area contributed by atoms with Crippen LogP contribution in [0.2, 0.25) is 0 Å². The fourth-order valence-electron chi connectivity index (χ4n) is 3.10. The Kier molecular flexibility index (Phi) is 6.14. The number of hydrogen-bond donors (Lipinski definition) is 1. The first-order valence-corrected chi connectivity index (χ1v) is 8.68. The molecule has 2 rings (SSSR count). The number of nitrogens with one attached hydrogen (secondary N) is 1. The third kappa shape index (κ3) is 5.80. The second-order valence-corrected chi connectivity index (χ2v) is 7.80. The first-order valence-electron chi connectivity index (χ1n) is 8.68. The van der Waals surface area contributed by atoms with Crippen molar-refractivity contribution < 1.29 is 18.4 Å². The molecule has 0 radical (unpaired) electrons. The molecule has 1 atom stereocenters. The van der Waals surface area contributed by atoms with Crippen molar-refractivity contribution in [3.63, 3.8) is 0 Å². The van der Waals surface area contributed by atoms with Crippen LogP contribution in [0, 0.1) is 17.0 Å². The summed E-state index contributed by atoms with van der Waals surface area (Å²) < 4.78 is 26.3. The maximum absolute atomic E-state index is 13.2. The molecule has 1 unspecified atom stereocenters. The fourth-order valence-corrected chi connectivity index (χ4v) is 3.10. The molecule has 25 heavy (non-hydrogen) atoms. The maximum atomic E-state index is 13.2. The van der Waals surface area contributed by atoms with Crippen molar-refractivity contribution in [1.82, 2.24) is 10.2 Å². The fraction of sp³-hybridized carbons (Fsp3) is 0.579. The standard InChI is InChI=1S/C19H26F2N2O2/c1-19(2,3)12-17(24)23-8-4-5-16(23)18(25)22-7-6-13-9-14(20)11-15(21)10-13/h9-11,16H,4-8,12H2,1-3H3,(H,22,25). The molecule has 1 heterocycles. The van der Waals surface area contributed by atoms with Crippen molar-refractivity contribution in [1.29, 1.82) is 0 Å². The van der Waals surface area contributed by atoms with Gasteiger partial charge in [-0.3, -0.25) is 9.59 Å². The highest BCUT2D eigenvalue weighted by Crippen LogP contribution is 2.24. The molecule has 0 bridgehead atoms. The molecule has 0 aliphatic carbocycles. The molecule has 1 aliphatic heterocycles. The number of carbonyl (C=O) groups excluding carboxylic acids is 2. The summed E-state index contributed by atoms with van der Waals surface area (Å²) in [5, 5.41) is 2.78. The van der Waals surface area contributed by atoms with Crippen LogP contribution >= 0.6 is 0 Å². The van der Waals surface area contributed by atoms with Gasteiger partial charge < -0.3 is 10.2 Å². The van der Waals surface area contributed by atoms with Crippen LogP contribution in [0.1, 0.15) is 45.6 Å². The molecule has 4 nitrogen and oxygen atoms in total. The van der Waals surface area contributed by atoms with E-state index in [0.29, 0.717) is 31.4 Å². The SMILES string of the molecule is CC(C)(C)CC(=O)N1CCCC1C(=O)NCCc1cc(F)cc(F)c1. The highest BCUT2D eigenvalue weighted by Gasteiger charge is 2.35. The summed E-state index contributed by atoms with van der Waals surface area (Å²) >= 11 is 0. The van der Waals surface area contributed by atoms with Gasteiger partial charge in [-0.15, -0.1) is 0 Å². The lowest BCUT2D eigenvalue weighted by Gasteiger charge is -2.27. The highest BCUT2D eigenvalue weighted by molar-refractivity contribution is 5.88. The van der Waals surface area contributed by atoms with Gasteiger partial charge in [0.15, 0.2) is 0 Å². The van der Waals surface area contributed by atoms with Crippen LogP contribution in [0.15, 0.2) is 18.2 Å². The van der Waals surface area contributed by atoms with E-state index in [0.717, 1.165) is 12.5 Å². The minimum atomic E-state index is -0.629. The Morgan fingerprint density at radius 2 is 1.84 bits per heavy atom. The van der Waals surface area contributed by atoms with Crippen LogP contribution in [-0.2, 0) is 16.0 Å². The number of halogens is 2. The van der Waals surface area contributed by atoms with Crippen molar-refractivity contribution in [3.8, 4) is 0 Å². The minimum absolute atomic E-state index is 0.00245. The number of hydrogen-bond acceptors (Lipinski definition) is 2. The van der Waals surface area contributed by atoms with E-state index in [2.05, 4.69) is 5.32 Å². The molecule has 1 fully saturated rings. The van der Waals surface area contributed by atoms with Crippen LogP contribution in [0.25, 0.3) is 0 Å². The predicted octanol–water partition coefficient (Wildman–Crippen LogP) is 3.05. The summed E-state index contributed by atoms with van der Waals surface area (Å²) in [7, 11) is 0. The van der Waals surface area contributed by atoms with E-state index in [1.165, 1.54) is 12.1 Å². The minimum Gasteiger partial charge on any atom is -0.354 e. The quantitative estimate of drug-likeness (QED) is 0.885. The van der Waals surface area contributed by atoms with Gasteiger partial charge >= 0.3 is 0 Å². The third-order valence-electron chi connectivity index (χ3n) is 4.19. The molecule has 0 aromatic heterocycles. The summed E-state index contributed by atoms with van der Waals surface area (Å²) in [5.74, 6) is -1.46. The van der Waals surface area contributed by atoms with Crippen molar-refractivity contribution in [3.05, 3.63) is 35.4 Å². The van der Waals surface area contributed by atoms with E-state index in [9.17, 15) is 18.4 Å². The van der Waals surface area contributed by atoms with Crippen molar-refractivity contribution >= 4 is 11.8 Å². The first-order chi connectivity index (χ1) is 11.7. The zero-order valence-electron chi connectivity index (χ0n) is 15.1. The maximum Gasteiger partial charge on any atom is 0.242 e. The van der Waals surface area contributed by atoms with Crippen molar-refractivity contribution in [2.75, 3.05) is 13.1 Å². The van der Waals surface area contributed by atoms with E-state index in [1.807, 2.05) is 20.8 Å². The molecule has 0 spiro atoms. The van der Waals surface area contributed by atoms with E-state index < -0.39 is 17.7 Å². The van der Waals surface area contributed by atoms with E-state index in [-0.39, 0.29) is 23.8 Å². The summed E-state index contributed by atoms with van der Waals surface area (Å²) in [5.41, 5.74) is 0.368. The van der Waals surface area contributed by atoms with Gasteiger partial charge in [-0.1, -0.05) is 20.8 Å². The lowest BCUT2D eigenvalue weighted by Crippen LogP contribution is -2.47. The lowest BCUT2D eigenvalue weighted by molar-refractivity contribution is -0.139. The van der Waals surface area contributed by atoms with Gasteiger partial charge in [-0.05, 0) is 42.4 Å². The van der Waals surface area contributed by atoms with Gasteiger partial charge in [0.05, 0.1) is 0 Å². The van der Waals surface area contributed by atoms with Gasteiger partial charge in [-0.25, -0.2) is 8.78 Å². The molecule has 1 aromatic carbocycles. The van der Waals surface area contributed by atoms with Crippen molar-refractivity contribution in [2.45, 2.75) is 52.5 Å². The average Bonchev–Trinajstić information content (AvgIpc) is 2.93. The van der Waals surface area contributed by atoms with Crippen LogP contribution in [0.3, 0.4) is 0 Å². The molecule has 6 heteroatoms. The number of carbonyl (C=O) groups is 2. The predicted molar refractivity (Wildman–Crippen MR) is 91.9 cm³/mol. The number of rotatable bonds is 5. The molecule has 0 saturated carbocycles. The number of nitrogens with zero attached hydrogens (tertiary/aromatic N) is 1. The van der Waals surface area contributed by atoms with Crippen LogP contribution < -0.4 is 5.32 Å². The Bertz CT molecular complexity index is 621. The van der Waals surface area contributed by atoms with E-state index in [4.69, 9.17) is 0 Å². The van der Waals surface area contributed by atoms with E-state index >= 15 is 0 Å². The topological polar surface area (TPSA) is 49.4 Å². The Balaban J connectivity index is 1.88. The smallest absolute Gasteiger partial charge is 0.242 e. The average molecular weight is 352 g/mol. The molecule has 1 aliphatic rings. The van der Waals surface area contributed by atoms with Crippen LogP contribution in [-0.4, -0.2) is 35.8 Å². The monoisotopic (exact) mass is 352 g/mol. The van der Waals surface area contributed by atoms with Crippen LogP contribution in [0.5, 0.6) is 0 Å². The number of amides is 2. The molecule has 1 aromatic rings. The first kappa shape index (κ1) is 19.3. The molecule has 138 valence electrons. The number of benzene rings is 1. The van der Waals surface area contributed by atoms with Gasteiger partial charge in [0.1, 0.15) is 17.7 Å². The zero-order chi connectivity index (χ0) is 18.6.